The minimum atomic E-state index is -0.233. The Bertz CT molecular complexity index is 663. The normalized spacial score (nSPS) is 14.4. The topological polar surface area (TPSA) is 84.1 Å². The SMILES string of the molecule is Cc1cncc(NC(=O)c2sc(N3CCCC3)nc2N)c1. The Morgan fingerprint density at radius 1 is 1.38 bits per heavy atom. The van der Waals surface area contributed by atoms with Gasteiger partial charge in [0.05, 0.1) is 11.9 Å². The number of carbonyl (C=O) groups excluding carboxylic acids is 1. The van der Waals surface area contributed by atoms with Gasteiger partial charge in [0.2, 0.25) is 0 Å². The van der Waals surface area contributed by atoms with Gasteiger partial charge >= 0.3 is 0 Å². The number of nitrogens with one attached hydrogen (secondary N) is 1. The second-order valence-electron chi connectivity index (χ2n) is 5.11. The Morgan fingerprint density at radius 3 is 2.86 bits per heavy atom. The summed E-state index contributed by atoms with van der Waals surface area (Å²) in [6.07, 6.45) is 5.68. The Morgan fingerprint density at radius 2 is 2.14 bits per heavy atom. The van der Waals surface area contributed by atoms with Crippen molar-refractivity contribution in [3.63, 3.8) is 0 Å². The molecular weight excluding hydrogens is 286 g/mol. The number of pyridine rings is 1. The smallest absolute Gasteiger partial charge is 0.269 e. The molecule has 1 aliphatic rings. The quantitative estimate of drug-likeness (QED) is 0.908. The fourth-order valence-electron chi connectivity index (χ4n) is 2.34. The highest BCUT2D eigenvalue weighted by atomic mass is 32.1. The third kappa shape index (κ3) is 2.97. The van der Waals surface area contributed by atoms with Crippen LogP contribution in [0.3, 0.4) is 0 Å². The molecule has 1 fully saturated rings. The van der Waals surface area contributed by atoms with Crippen LogP contribution in [0.1, 0.15) is 28.1 Å². The standard InChI is InChI=1S/C14H17N5OS/c1-9-6-10(8-16-7-9)17-13(20)11-12(15)18-14(21-11)19-4-2-3-5-19/h6-8H,2-5,15H2,1H3,(H,17,20). The van der Waals surface area contributed by atoms with Gasteiger partial charge in [0.25, 0.3) is 5.91 Å². The van der Waals surface area contributed by atoms with Crippen molar-refractivity contribution < 1.29 is 4.79 Å². The van der Waals surface area contributed by atoms with Crippen molar-refractivity contribution in [1.29, 1.82) is 0 Å². The first-order valence-corrected chi connectivity index (χ1v) is 7.69. The molecule has 0 bridgehead atoms. The lowest BCUT2D eigenvalue weighted by molar-refractivity contribution is 0.103. The molecule has 2 aromatic heterocycles. The fourth-order valence-corrected chi connectivity index (χ4v) is 3.27. The summed E-state index contributed by atoms with van der Waals surface area (Å²) in [5.74, 6) is 0.0582. The van der Waals surface area contributed by atoms with E-state index in [1.54, 1.807) is 12.4 Å². The molecule has 6 nitrogen and oxygen atoms in total. The van der Waals surface area contributed by atoms with Gasteiger partial charge in [-0.1, -0.05) is 11.3 Å². The molecule has 1 amide bonds. The maximum absolute atomic E-state index is 12.3. The summed E-state index contributed by atoms with van der Waals surface area (Å²) in [5.41, 5.74) is 7.54. The van der Waals surface area contributed by atoms with Crippen LogP contribution in [0.4, 0.5) is 16.6 Å². The minimum Gasteiger partial charge on any atom is -0.382 e. The number of nitrogen functional groups attached to an aromatic ring is 1. The van der Waals surface area contributed by atoms with Crippen LogP contribution in [0.25, 0.3) is 0 Å². The molecule has 2 aromatic rings. The number of nitrogens with two attached hydrogens (primary N) is 1. The highest BCUT2D eigenvalue weighted by Gasteiger charge is 2.21. The molecule has 7 heteroatoms. The molecule has 1 saturated heterocycles. The zero-order valence-electron chi connectivity index (χ0n) is 11.8. The number of hydrogen-bond acceptors (Lipinski definition) is 6. The molecule has 0 aromatic carbocycles. The highest BCUT2D eigenvalue weighted by molar-refractivity contribution is 7.18. The van der Waals surface area contributed by atoms with E-state index in [0.717, 1.165) is 36.6 Å². The highest BCUT2D eigenvalue weighted by Crippen LogP contribution is 2.30. The van der Waals surface area contributed by atoms with Crippen molar-refractivity contribution in [3.8, 4) is 0 Å². The van der Waals surface area contributed by atoms with Gasteiger partial charge in [0.15, 0.2) is 5.13 Å². The van der Waals surface area contributed by atoms with Crippen LogP contribution < -0.4 is 16.0 Å². The van der Waals surface area contributed by atoms with Crippen molar-refractivity contribution in [2.24, 2.45) is 0 Å². The predicted octanol–water partition coefficient (Wildman–Crippen LogP) is 2.28. The molecule has 1 aliphatic heterocycles. The van der Waals surface area contributed by atoms with E-state index in [1.807, 2.05) is 13.0 Å². The van der Waals surface area contributed by atoms with Crippen LogP contribution in [0, 0.1) is 6.92 Å². The van der Waals surface area contributed by atoms with Crippen molar-refractivity contribution in [2.45, 2.75) is 19.8 Å². The molecule has 0 aliphatic carbocycles. The Balaban J connectivity index is 1.78. The monoisotopic (exact) mass is 303 g/mol. The van der Waals surface area contributed by atoms with Gasteiger partial charge in [0, 0.05) is 19.3 Å². The van der Waals surface area contributed by atoms with Crippen LogP contribution in [0.5, 0.6) is 0 Å². The van der Waals surface area contributed by atoms with Crippen LogP contribution in [0.15, 0.2) is 18.5 Å². The van der Waals surface area contributed by atoms with Crippen LogP contribution in [0.2, 0.25) is 0 Å². The van der Waals surface area contributed by atoms with Gasteiger partial charge in [0.1, 0.15) is 10.7 Å². The third-order valence-electron chi connectivity index (χ3n) is 3.36. The molecule has 0 radical (unpaired) electrons. The lowest BCUT2D eigenvalue weighted by Crippen LogP contribution is -2.17. The van der Waals surface area contributed by atoms with E-state index in [9.17, 15) is 4.79 Å². The van der Waals surface area contributed by atoms with E-state index >= 15 is 0 Å². The summed E-state index contributed by atoms with van der Waals surface area (Å²) in [4.78, 5) is 23.3. The number of nitrogens with zero attached hydrogens (tertiary/aromatic N) is 3. The number of thiazole rings is 1. The molecule has 0 atom stereocenters. The lowest BCUT2D eigenvalue weighted by atomic mass is 10.3. The number of carbonyl (C=O) groups is 1. The minimum absolute atomic E-state index is 0.233. The van der Waals surface area contributed by atoms with Gasteiger partial charge in [-0.15, -0.1) is 0 Å². The maximum atomic E-state index is 12.3. The Labute approximate surface area is 127 Å². The first-order chi connectivity index (χ1) is 10.1. The first kappa shape index (κ1) is 13.8. The lowest BCUT2D eigenvalue weighted by Gasteiger charge is -2.11. The predicted molar refractivity (Wildman–Crippen MR) is 84.9 cm³/mol. The molecule has 0 unspecified atom stereocenters. The van der Waals surface area contributed by atoms with E-state index in [0.29, 0.717) is 16.4 Å². The molecule has 3 N–H and O–H groups in total. The molecule has 3 rings (SSSR count). The number of aromatic nitrogens is 2. The summed E-state index contributed by atoms with van der Waals surface area (Å²) in [5, 5.41) is 3.65. The van der Waals surface area contributed by atoms with Gasteiger partial charge in [-0.3, -0.25) is 9.78 Å². The number of hydrogen-bond donors (Lipinski definition) is 2. The van der Waals surface area contributed by atoms with Crippen molar-refractivity contribution >= 4 is 33.9 Å². The third-order valence-corrected chi connectivity index (χ3v) is 4.49. The average molecular weight is 303 g/mol. The zero-order chi connectivity index (χ0) is 14.8. The molecule has 21 heavy (non-hydrogen) atoms. The van der Waals surface area contributed by atoms with Crippen LogP contribution in [-0.4, -0.2) is 29.0 Å². The Hall–Kier alpha value is -2.15. The molecule has 0 saturated carbocycles. The Kier molecular flexibility index (Phi) is 3.74. The first-order valence-electron chi connectivity index (χ1n) is 6.88. The average Bonchev–Trinajstić information content (AvgIpc) is 3.07. The molecular formula is C14H17N5OS. The van der Waals surface area contributed by atoms with Gasteiger partial charge < -0.3 is 16.0 Å². The second-order valence-corrected chi connectivity index (χ2v) is 6.09. The summed E-state index contributed by atoms with van der Waals surface area (Å²) in [6, 6.07) is 1.86. The van der Waals surface area contributed by atoms with Crippen LogP contribution in [-0.2, 0) is 0 Å². The molecule has 110 valence electrons. The summed E-state index contributed by atoms with van der Waals surface area (Å²) < 4.78 is 0. The van der Waals surface area contributed by atoms with Gasteiger partial charge in [-0.25, -0.2) is 4.98 Å². The van der Waals surface area contributed by atoms with Gasteiger partial charge in [-0.05, 0) is 31.4 Å². The zero-order valence-corrected chi connectivity index (χ0v) is 12.6. The maximum Gasteiger partial charge on any atom is 0.269 e. The summed E-state index contributed by atoms with van der Waals surface area (Å²) >= 11 is 1.35. The fraction of sp³-hybridized carbons (Fsp3) is 0.357. The molecule has 3 heterocycles. The largest absolute Gasteiger partial charge is 0.382 e. The number of amides is 1. The van der Waals surface area contributed by atoms with E-state index in [4.69, 9.17) is 5.73 Å². The van der Waals surface area contributed by atoms with Gasteiger partial charge in [-0.2, -0.15) is 0 Å². The van der Waals surface area contributed by atoms with E-state index in [-0.39, 0.29) is 5.91 Å². The number of aryl methyl sites for hydroxylation is 1. The van der Waals surface area contributed by atoms with Crippen molar-refractivity contribution in [3.05, 3.63) is 28.9 Å². The van der Waals surface area contributed by atoms with E-state index in [2.05, 4.69) is 20.2 Å². The van der Waals surface area contributed by atoms with Crippen molar-refractivity contribution in [1.82, 2.24) is 9.97 Å². The summed E-state index contributed by atoms with van der Waals surface area (Å²) in [7, 11) is 0. The van der Waals surface area contributed by atoms with E-state index in [1.165, 1.54) is 11.3 Å². The van der Waals surface area contributed by atoms with Crippen molar-refractivity contribution in [2.75, 3.05) is 29.0 Å². The number of anilines is 3. The summed E-state index contributed by atoms with van der Waals surface area (Å²) in [6.45, 7) is 3.89. The van der Waals surface area contributed by atoms with Crippen LogP contribution >= 0.6 is 11.3 Å². The second kappa shape index (κ2) is 5.69. The van der Waals surface area contributed by atoms with E-state index < -0.39 is 0 Å². The molecule has 0 spiro atoms. The number of rotatable bonds is 3.